The van der Waals surface area contributed by atoms with Gasteiger partial charge in [-0.15, -0.1) is 0 Å². The van der Waals surface area contributed by atoms with Crippen LogP contribution in [0.25, 0.3) is 0 Å². The monoisotopic (exact) mass is 227 g/mol. The van der Waals surface area contributed by atoms with Crippen molar-refractivity contribution in [1.29, 1.82) is 0 Å². The predicted octanol–water partition coefficient (Wildman–Crippen LogP) is 1.84. The van der Waals surface area contributed by atoms with Crippen molar-refractivity contribution >= 4 is 17.9 Å². The van der Waals surface area contributed by atoms with Crippen molar-refractivity contribution in [3.8, 4) is 11.5 Å². The van der Waals surface area contributed by atoms with Gasteiger partial charge in [0.25, 0.3) is 5.24 Å². The van der Waals surface area contributed by atoms with Gasteiger partial charge in [0.2, 0.25) is 0 Å². The first-order valence-electron chi connectivity index (χ1n) is 4.35. The van der Waals surface area contributed by atoms with Crippen LogP contribution in [0.3, 0.4) is 0 Å². The number of hydrogen-bond donors (Lipinski definition) is 2. The van der Waals surface area contributed by atoms with Gasteiger partial charge in [-0.05, 0) is 17.7 Å². The second-order valence-electron chi connectivity index (χ2n) is 2.85. The SMILES string of the molecule is COc1ccc(CNC(=O)S)cc1OC. The number of carbonyl (C=O) groups excluding carboxylic acids is 1. The highest BCUT2D eigenvalue weighted by Crippen LogP contribution is 2.27. The zero-order valence-electron chi connectivity index (χ0n) is 8.61. The highest BCUT2D eigenvalue weighted by molar-refractivity contribution is 7.96. The molecule has 4 nitrogen and oxygen atoms in total. The summed E-state index contributed by atoms with van der Waals surface area (Å²) in [6.45, 7) is 0.419. The summed E-state index contributed by atoms with van der Waals surface area (Å²) in [6, 6.07) is 5.45. The molecule has 0 aliphatic carbocycles. The van der Waals surface area contributed by atoms with Gasteiger partial charge in [-0.3, -0.25) is 4.79 Å². The van der Waals surface area contributed by atoms with Crippen LogP contribution in [0.2, 0.25) is 0 Å². The van der Waals surface area contributed by atoms with Gasteiger partial charge in [-0.1, -0.05) is 18.7 Å². The molecule has 0 atom stereocenters. The molecule has 0 radical (unpaired) electrons. The van der Waals surface area contributed by atoms with Crippen LogP contribution in [0.4, 0.5) is 4.79 Å². The lowest BCUT2D eigenvalue weighted by atomic mass is 10.2. The Kier molecular flexibility index (Phi) is 4.30. The summed E-state index contributed by atoms with van der Waals surface area (Å²) in [5.41, 5.74) is 0.926. The molecule has 1 N–H and O–H groups in total. The van der Waals surface area contributed by atoms with Crippen molar-refractivity contribution < 1.29 is 14.3 Å². The number of amides is 1. The summed E-state index contributed by atoms with van der Waals surface area (Å²) in [5, 5.41) is 2.22. The van der Waals surface area contributed by atoms with Gasteiger partial charge in [0.1, 0.15) is 0 Å². The summed E-state index contributed by atoms with van der Waals surface area (Å²) in [5.74, 6) is 1.31. The van der Waals surface area contributed by atoms with E-state index in [9.17, 15) is 4.79 Å². The lowest BCUT2D eigenvalue weighted by Gasteiger charge is -2.09. The van der Waals surface area contributed by atoms with E-state index in [2.05, 4.69) is 17.9 Å². The Bertz CT molecular complexity index is 355. The average molecular weight is 227 g/mol. The Balaban J connectivity index is 2.78. The van der Waals surface area contributed by atoms with Gasteiger partial charge in [0, 0.05) is 6.54 Å². The molecule has 0 spiro atoms. The van der Waals surface area contributed by atoms with Crippen molar-refractivity contribution in [2.24, 2.45) is 0 Å². The Morgan fingerprint density at radius 1 is 1.33 bits per heavy atom. The number of nitrogens with one attached hydrogen (secondary N) is 1. The van der Waals surface area contributed by atoms with E-state index in [0.29, 0.717) is 18.0 Å². The summed E-state index contributed by atoms with van der Waals surface area (Å²) in [6.07, 6.45) is 0. The van der Waals surface area contributed by atoms with Crippen molar-refractivity contribution in [3.63, 3.8) is 0 Å². The third-order valence-corrected chi connectivity index (χ3v) is 2.05. The second kappa shape index (κ2) is 5.50. The van der Waals surface area contributed by atoms with Crippen LogP contribution in [0.15, 0.2) is 18.2 Å². The fraction of sp³-hybridized carbons (Fsp3) is 0.300. The zero-order valence-corrected chi connectivity index (χ0v) is 9.51. The van der Waals surface area contributed by atoms with Crippen LogP contribution in [0.5, 0.6) is 11.5 Å². The normalized spacial score (nSPS) is 9.53. The van der Waals surface area contributed by atoms with Crippen molar-refractivity contribution in [1.82, 2.24) is 5.32 Å². The minimum atomic E-state index is -0.357. The Morgan fingerprint density at radius 3 is 2.53 bits per heavy atom. The number of methoxy groups -OCH3 is 2. The molecule has 0 aromatic heterocycles. The van der Waals surface area contributed by atoms with Crippen molar-refractivity contribution in [3.05, 3.63) is 23.8 Å². The molecular formula is C10H13NO3S. The topological polar surface area (TPSA) is 47.6 Å². The maximum absolute atomic E-state index is 10.6. The van der Waals surface area contributed by atoms with E-state index in [1.54, 1.807) is 20.3 Å². The molecule has 0 saturated carbocycles. The van der Waals surface area contributed by atoms with Crippen LogP contribution < -0.4 is 14.8 Å². The van der Waals surface area contributed by atoms with Gasteiger partial charge in [0.15, 0.2) is 11.5 Å². The molecular weight excluding hydrogens is 214 g/mol. The van der Waals surface area contributed by atoms with E-state index < -0.39 is 0 Å². The number of thiol groups is 1. The lowest BCUT2D eigenvalue weighted by molar-refractivity contribution is 0.260. The van der Waals surface area contributed by atoms with Gasteiger partial charge < -0.3 is 14.8 Å². The van der Waals surface area contributed by atoms with E-state index in [-0.39, 0.29) is 5.24 Å². The minimum Gasteiger partial charge on any atom is -0.493 e. The first kappa shape index (κ1) is 11.7. The molecule has 0 saturated heterocycles. The van der Waals surface area contributed by atoms with Crippen LogP contribution in [0.1, 0.15) is 5.56 Å². The molecule has 5 heteroatoms. The van der Waals surface area contributed by atoms with E-state index in [0.717, 1.165) is 5.56 Å². The largest absolute Gasteiger partial charge is 0.493 e. The maximum atomic E-state index is 10.6. The second-order valence-corrected chi connectivity index (χ2v) is 3.25. The number of benzene rings is 1. The molecule has 0 fully saturated rings. The number of rotatable bonds is 4. The fourth-order valence-electron chi connectivity index (χ4n) is 1.17. The molecule has 0 unspecified atom stereocenters. The standard InChI is InChI=1S/C10H13NO3S/c1-13-8-4-3-7(5-9(8)14-2)6-11-10(12)15/h3-5H,6H2,1-2H3,(H2,11,12,15). The Morgan fingerprint density at radius 2 is 2.00 bits per heavy atom. The van der Waals surface area contributed by atoms with Crippen LogP contribution in [-0.4, -0.2) is 19.5 Å². The highest BCUT2D eigenvalue weighted by Gasteiger charge is 2.04. The maximum Gasteiger partial charge on any atom is 0.276 e. The third kappa shape index (κ3) is 3.36. The van der Waals surface area contributed by atoms with E-state index in [4.69, 9.17) is 9.47 Å². The molecule has 1 aromatic carbocycles. The quantitative estimate of drug-likeness (QED) is 0.772. The first-order chi connectivity index (χ1) is 7.17. The summed E-state index contributed by atoms with van der Waals surface area (Å²) < 4.78 is 10.2. The number of hydrogen-bond acceptors (Lipinski definition) is 3. The molecule has 1 rings (SSSR count). The van der Waals surface area contributed by atoms with Crippen molar-refractivity contribution in [2.75, 3.05) is 14.2 Å². The number of ether oxygens (including phenoxy) is 2. The molecule has 0 aliphatic rings. The van der Waals surface area contributed by atoms with Gasteiger partial charge in [0.05, 0.1) is 14.2 Å². The zero-order chi connectivity index (χ0) is 11.3. The molecule has 0 aliphatic heterocycles. The summed E-state index contributed by atoms with van der Waals surface area (Å²) >= 11 is 3.61. The third-order valence-electron chi connectivity index (χ3n) is 1.89. The lowest BCUT2D eigenvalue weighted by Crippen LogP contribution is -2.15. The van der Waals surface area contributed by atoms with Gasteiger partial charge in [-0.25, -0.2) is 0 Å². The first-order valence-corrected chi connectivity index (χ1v) is 4.79. The molecule has 1 aromatic rings. The average Bonchev–Trinajstić information content (AvgIpc) is 2.25. The van der Waals surface area contributed by atoms with Crippen LogP contribution in [0, 0.1) is 0 Å². The summed E-state index contributed by atoms with van der Waals surface area (Å²) in [4.78, 5) is 10.6. The smallest absolute Gasteiger partial charge is 0.276 e. The Hall–Kier alpha value is -1.36. The molecule has 82 valence electrons. The van der Waals surface area contributed by atoms with Gasteiger partial charge >= 0.3 is 0 Å². The van der Waals surface area contributed by atoms with E-state index in [1.165, 1.54) is 0 Å². The highest BCUT2D eigenvalue weighted by atomic mass is 32.1. The van der Waals surface area contributed by atoms with E-state index >= 15 is 0 Å². The molecule has 15 heavy (non-hydrogen) atoms. The molecule has 1 amide bonds. The van der Waals surface area contributed by atoms with Crippen molar-refractivity contribution in [2.45, 2.75) is 6.54 Å². The van der Waals surface area contributed by atoms with E-state index in [1.807, 2.05) is 12.1 Å². The minimum absolute atomic E-state index is 0.357. The summed E-state index contributed by atoms with van der Waals surface area (Å²) in [7, 11) is 3.14. The van der Waals surface area contributed by atoms with Gasteiger partial charge in [-0.2, -0.15) is 0 Å². The van der Waals surface area contributed by atoms with Crippen LogP contribution in [-0.2, 0) is 6.54 Å². The predicted molar refractivity (Wildman–Crippen MR) is 60.8 cm³/mol. The molecule has 0 bridgehead atoms. The Labute approximate surface area is 94.0 Å². The molecule has 0 heterocycles. The fourth-order valence-corrected chi connectivity index (χ4v) is 1.25. The number of carbonyl (C=O) groups is 1. The van der Waals surface area contributed by atoms with Crippen LogP contribution >= 0.6 is 12.6 Å².